The molecule has 0 amide bonds. The van der Waals surface area contributed by atoms with Gasteiger partial charge in [-0.25, -0.2) is 4.98 Å². The van der Waals surface area contributed by atoms with Crippen LogP contribution in [0.4, 0.5) is 0 Å². The van der Waals surface area contributed by atoms with Crippen molar-refractivity contribution in [1.82, 2.24) is 9.88 Å². The molecule has 1 N–H and O–H groups in total. The standard InChI is InChI=1S/C22H24N2O4S/c25-21(26)15-16-9-11-24(12-10-16)13-14-27-17-5-7-18(8-6-17)28-22-23-19-3-1-2-4-20(19)29-22/h1-8,16H,9-15H2,(H,25,26). The van der Waals surface area contributed by atoms with Crippen LogP contribution in [0.15, 0.2) is 48.5 Å². The summed E-state index contributed by atoms with van der Waals surface area (Å²) in [7, 11) is 0. The predicted octanol–water partition coefficient (Wildman–Crippen LogP) is 4.65. The zero-order valence-electron chi connectivity index (χ0n) is 16.1. The van der Waals surface area contributed by atoms with Crippen LogP contribution in [0.5, 0.6) is 16.7 Å². The maximum Gasteiger partial charge on any atom is 0.303 e. The summed E-state index contributed by atoms with van der Waals surface area (Å²) in [5, 5.41) is 9.52. The van der Waals surface area contributed by atoms with E-state index >= 15 is 0 Å². The molecule has 0 spiro atoms. The fraction of sp³-hybridized carbons (Fsp3) is 0.364. The average Bonchev–Trinajstić information content (AvgIpc) is 3.12. The van der Waals surface area contributed by atoms with Gasteiger partial charge in [0.05, 0.1) is 10.2 Å². The molecule has 0 bridgehead atoms. The van der Waals surface area contributed by atoms with Gasteiger partial charge in [-0.05, 0) is 68.2 Å². The molecule has 1 aliphatic rings. The Morgan fingerprint density at radius 2 is 1.83 bits per heavy atom. The molecule has 1 aromatic heterocycles. The van der Waals surface area contributed by atoms with Crippen molar-refractivity contribution in [3.05, 3.63) is 48.5 Å². The molecule has 1 fully saturated rings. The molecule has 2 aromatic carbocycles. The van der Waals surface area contributed by atoms with Crippen LogP contribution in [-0.4, -0.2) is 47.2 Å². The van der Waals surface area contributed by atoms with Crippen LogP contribution in [0.1, 0.15) is 19.3 Å². The summed E-state index contributed by atoms with van der Waals surface area (Å²) in [5.74, 6) is 1.16. The topological polar surface area (TPSA) is 71.9 Å². The van der Waals surface area contributed by atoms with Crippen molar-refractivity contribution in [2.45, 2.75) is 19.3 Å². The second-order valence-corrected chi connectivity index (χ2v) is 8.25. The van der Waals surface area contributed by atoms with Crippen molar-refractivity contribution in [2.75, 3.05) is 26.2 Å². The van der Waals surface area contributed by atoms with Gasteiger partial charge in [-0.15, -0.1) is 0 Å². The predicted molar refractivity (Wildman–Crippen MR) is 113 cm³/mol. The van der Waals surface area contributed by atoms with Gasteiger partial charge in [0.1, 0.15) is 18.1 Å². The van der Waals surface area contributed by atoms with Crippen molar-refractivity contribution in [2.24, 2.45) is 5.92 Å². The highest BCUT2D eigenvalue weighted by Crippen LogP contribution is 2.31. The molecular weight excluding hydrogens is 388 g/mol. The quantitative estimate of drug-likeness (QED) is 0.580. The summed E-state index contributed by atoms with van der Waals surface area (Å²) in [6.45, 7) is 3.35. The van der Waals surface area contributed by atoms with E-state index < -0.39 is 5.97 Å². The third-order valence-corrected chi connectivity index (χ3v) is 6.06. The number of nitrogens with zero attached hydrogens (tertiary/aromatic N) is 2. The van der Waals surface area contributed by atoms with E-state index in [4.69, 9.17) is 14.6 Å². The number of rotatable bonds is 8. The Morgan fingerprint density at radius 3 is 2.55 bits per heavy atom. The summed E-state index contributed by atoms with van der Waals surface area (Å²) < 4.78 is 12.8. The maximum atomic E-state index is 10.8. The molecule has 0 saturated carbocycles. The minimum absolute atomic E-state index is 0.287. The first-order valence-electron chi connectivity index (χ1n) is 9.86. The number of aromatic nitrogens is 1. The van der Waals surface area contributed by atoms with Crippen LogP contribution in [0.3, 0.4) is 0 Å². The molecule has 1 saturated heterocycles. The Morgan fingerprint density at radius 1 is 1.10 bits per heavy atom. The van der Waals surface area contributed by atoms with E-state index in [1.54, 1.807) is 0 Å². The molecule has 0 radical (unpaired) electrons. The van der Waals surface area contributed by atoms with E-state index in [1.165, 1.54) is 11.3 Å². The van der Waals surface area contributed by atoms with Gasteiger partial charge >= 0.3 is 5.97 Å². The lowest BCUT2D eigenvalue weighted by Gasteiger charge is -2.31. The summed E-state index contributed by atoms with van der Waals surface area (Å²) in [4.78, 5) is 17.6. The molecule has 29 heavy (non-hydrogen) atoms. The summed E-state index contributed by atoms with van der Waals surface area (Å²) >= 11 is 1.53. The van der Waals surface area contributed by atoms with Crippen molar-refractivity contribution in [1.29, 1.82) is 0 Å². The van der Waals surface area contributed by atoms with E-state index in [9.17, 15) is 4.79 Å². The van der Waals surface area contributed by atoms with Crippen LogP contribution < -0.4 is 9.47 Å². The monoisotopic (exact) mass is 412 g/mol. The molecule has 6 nitrogen and oxygen atoms in total. The Balaban J connectivity index is 1.21. The minimum Gasteiger partial charge on any atom is -0.492 e. The first-order valence-corrected chi connectivity index (χ1v) is 10.7. The normalized spacial score (nSPS) is 15.4. The lowest BCUT2D eigenvalue weighted by atomic mass is 9.94. The van der Waals surface area contributed by atoms with Gasteiger partial charge in [0, 0.05) is 13.0 Å². The second-order valence-electron chi connectivity index (χ2n) is 7.25. The van der Waals surface area contributed by atoms with Crippen LogP contribution in [0, 0.1) is 5.92 Å². The molecule has 1 aliphatic heterocycles. The first kappa shape index (κ1) is 19.7. The number of piperidine rings is 1. The van der Waals surface area contributed by atoms with Crippen molar-refractivity contribution < 1.29 is 19.4 Å². The number of carboxylic acids is 1. The Kier molecular flexibility index (Phi) is 6.27. The number of carbonyl (C=O) groups is 1. The number of fused-ring (bicyclic) bond motifs is 1. The molecule has 0 atom stereocenters. The minimum atomic E-state index is -0.692. The number of ether oxygens (including phenoxy) is 2. The lowest BCUT2D eigenvalue weighted by molar-refractivity contribution is -0.138. The lowest BCUT2D eigenvalue weighted by Crippen LogP contribution is -2.37. The molecule has 4 rings (SSSR count). The van der Waals surface area contributed by atoms with Gasteiger partial charge < -0.3 is 14.6 Å². The van der Waals surface area contributed by atoms with Crippen molar-refractivity contribution in [3.63, 3.8) is 0 Å². The Hall–Kier alpha value is -2.64. The van der Waals surface area contributed by atoms with Crippen LogP contribution in [0.25, 0.3) is 10.2 Å². The summed E-state index contributed by atoms with van der Waals surface area (Å²) in [6, 6.07) is 15.6. The zero-order valence-corrected chi connectivity index (χ0v) is 16.9. The highest BCUT2D eigenvalue weighted by Gasteiger charge is 2.21. The largest absolute Gasteiger partial charge is 0.492 e. The van der Waals surface area contributed by atoms with Crippen LogP contribution >= 0.6 is 11.3 Å². The van der Waals surface area contributed by atoms with E-state index in [-0.39, 0.29) is 6.42 Å². The smallest absolute Gasteiger partial charge is 0.303 e. The number of hydrogen-bond acceptors (Lipinski definition) is 6. The number of carboxylic acid groups (broad SMARTS) is 1. The highest BCUT2D eigenvalue weighted by atomic mass is 32.1. The van der Waals surface area contributed by atoms with Gasteiger partial charge in [-0.1, -0.05) is 23.5 Å². The Bertz CT molecular complexity index is 916. The van der Waals surface area contributed by atoms with Crippen LogP contribution in [-0.2, 0) is 4.79 Å². The summed E-state index contributed by atoms with van der Waals surface area (Å²) in [5.41, 5.74) is 0.944. The second kappa shape index (κ2) is 9.24. The third kappa shape index (κ3) is 5.46. The SMILES string of the molecule is O=C(O)CC1CCN(CCOc2ccc(Oc3nc4ccccc4s3)cc2)CC1. The fourth-order valence-corrected chi connectivity index (χ4v) is 4.39. The maximum absolute atomic E-state index is 10.8. The number of hydrogen-bond donors (Lipinski definition) is 1. The number of thiazole rings is 1. The van der Waals surface area contributed by atoms with E-state index in [2.05, 4.69) is 9.88 Å². The number of aliphatic carboxylic acids is 1. The molecule has 2 heterocycles. The van der Waals surface area contributed by atoms with E-state index in [0.717, 1.165) is 54.2 Å². The molecule has 0 aliphatic carbocycles. The average molecular weight is 413 g/mol. The Labute approximate surface area is 173 Å². The fourth-order valence-electron chi connectivity index (χ4n) is 3.55. The van der Waals surface area contributed by atoms with Gasteiger partial charge in [0.25, 0.3) is 5.19 Å². The van der Waals surface area contributed by atoms with Crippen molar-refractivity contribution >= 4 is 27.5 Å². The number of benzene rings is 2. The third-order valence-electron chi connectivity index (χ3n) is 5.15. The first-order chi connectivity index (χ1) is 14.2. The van der Waals surface area contributed by atoms with Gasteiger partial charge in [0.2, 0.25) is 0 Å². The molecule has 0 unspecified atom stereocenters. The van der Waals surface area contributed by atoms with Gasteiger partial charge in [-0.3, -0.25) is 9.69 Å². The summed E-state index contributed by atoms with van der Waals surface area (Å²) in [6.07, 6.45) is 2.18. The number of likely N-dealkylation sites (tertiary alicyclic amines) is 1. The molecule has 7 heteroatoms. The van der Waals surface area contributed by atoms with Gasteiger partial charge in [-0.2, -0.15) is 0 Å². The van der Waals surface area contributed by atoms with Crippen LogP contribution in [0.2, 0.25) is 0 Å². The molecule has 152 valence electrons. The zero-order chi connectivity index (χ0) is 20.1. The van der Waals surface area contributed by atoms with E-state index in [1.807, 2.05) is 48.5 Å². The highest BCUT2D eigenvalue weighted by molar-refractivity contribution is 7.20. The number of para-hydroxylation sites is 1. The van der Waals surface area contributed by atoms with E-state index in [0.29, 0.717) is 17.7 Å². The molecular formula is C22H24N2O4S. The molecule has 3 aromatic rings. The van der Waals surface area contributed by atoms with Crippen molar-refractivity contribution in [3.8, 4) is 16.7 Å². The van der Waals surface area contributed by atoms with Gasteiger partial charge in [0.15, 0.2) is 0 Å².